The Bertz CT molecular complexity index is 1020. The molecule has 2 amide bonds. The molecular formula is C23H26FN3O3S. The number of ether oxygens (including phenoxy) is 2. The number of hydrogen-bond acceptors (Lipinski definition) is 5. The van der Waals surface area contributed by atoms with Gasteiger partial charge in [-0.3, -0.25) is 0 Å². The van der Waals surface area contributed by atoms with Crippen molar-refractivity contribution in [2.75, 3.05) is 25.0 Å². The second-order valence-electron chi connectivity index (χ2n) is 7.53. The lowest BCUT2D eigenvalue weighted by Crippen LogP contribution is -2.43. The third-order valence-electron chi connectivity index (χ3n) is 5.22. The van der Waals surface area contributed by atoms with Crippen LogP contribution < -0.4 is 14.8 Å². The van der Waals surface area contributed by atoms with Crippen LogP contribution in [0.1, 0.15) is 32.6 Å². The lowest BCUT2D eigenvalue weighted by Gasteiger charge is -2.31. The quantitative estimate of drug-likeness (QED) is 0.477. The standard InChI is InChI=1S/C23H26FN3O3S/c1-2-3-15-29-17-9-7-16(8-10-17)25-22(28)27-13-11-18(12-14-27)30-23-26-21-19(24)5-4-6-20(21)31-23/h4-10,18H,2-3,11-15H2,1H3,(H,25,28). The van der Waals surface area contributed by atoms with E-state index in [-0.39, 0.29) is 18.0 Å². The van der Waals surface area contributed by atoms with E-state index in [0.717, 1.165) is 29.0 Å². The number of unbranched alkanes of at least 4 members (excludes halogenated alkanes) is 1. The summed E-state index contributed by atoms with van der Waals surface area (Å²) >= 11 is 1.34. The van der Waals surface area contributed by atoms with Crippen molar-refractivity contribution in [1.29, 1.82) is 0 Å². The second kappa shape index (κ2) is 9.96. The number of likely N-dealkylation sites (tertiary alicyclic amines) is 1. The number of aromatic nitrogens is 1. The first kappa shape index (κ1) is 21.4. The fraction of sp³-hybridized carbons (Fsp3) is 0.391. The molecule has 2 aromatic carbocycles. The minimum Gasteiger partial charge on any atom is -0.494 e. The van der Waals surface area contributed by atoms with Gasteiger partial charge in [-0.25, -0.2) is 9.18 Å². The van der Waals surface area contributed by atoms with Gasteiger partial charge in [-0.2, -0.15) is 4.98 Å². The minimum atomic E-state index is -0.337. The largest absolute Gasteiger partial charge is 0.494 e. The molecule has 164 valence electrons. The number of amides is 2. The van der Waals surface area contributed by atoms with E-state index in [9.17, 15) is 9.18 Å². The Balaban J connectivity index is 1.25. The van der Waals surface area contributed by atoms with Crippen LogP contribution in [0.3, 0.4) is 0 Å². The molecule has 0 saturated carbocycles. The van der Waals surface area contributed by atoms with E-state index in [2.05, 4.69) is 17.2 Å². The second-order valence-corrected chi connectivity index (χ2v) is 8.52. The first-order valence-corrected chi connectivity index (χ1v) is 11.4. The smallest absolute Gasteiger partial charge is 0.321 e. The first-order valence-electron chi connectivity index (χ1n) is 10.6. The zero-order valence-corrected chi connectivity index (χ0v) is 18.3. The molecule has 0 radical (unpaired) electrons. The van der Waals surface area contributed by atoms with E-state index in [0.29, 0.717) is 43.2 Å². The molecule has 1 aliphatic rings. The van der Waals surface area contributed by atoms with Gasteiger partial charge in [-0.15, -0.1) is 0 Å². The van der Waals surface area contributed by atoms with Gasteiger partial charge in [-0.1, -0.05) is 30.7 Å². The number of para-hydroxylation sites is 1. The Morgan fingerprint density at radius 3 is 2.71 bits per heavy atom. The number of halogens is 1. The maximum Gasteiger partial charge on any atom is 0.321 e. The van der Waals surface area contributed by atoms with Crippen LogP contribution in [0.5, 0.6) is 10.9 Å². The molecule has 1 aliphatic heterocycles. The number of nitrogens with zero attached hydrogens (tertiary/aromatic N) is 2. The number of urea groups is 1. The molecular weight excluding hydrogens is 417 g/mol. The summed E-state index contributed by atoms with van der Waals surface area (Å²) < 4.78 is 26.2. The molecule has 4 rings (SSSR count). The fourth-order valence-corrected chi connectivity index (χ4v) is 4.33. The van der Waals surface area contributed by atoms with E-state index in [1.165, 1.54) is 17.4 Å². The minimum absolute atomic E-state index is 0.0350. The number of benzene rings is 2. The summed E-state index contributed by atoms with van der Waals surface area (Å²) in [4.78, 5) is 18.6. The van der Waals surface area contributed by atoms with Crippen LogP contribution in [0.4, 0.5) is 14.9 Å². The highest BCUT2D eigenvalue weighted by Gasteiger charge is 2.25. The average molecular weight is 444 g/mol. The maximum atomic E-state index is 13.8. The number of hydrogen-bond donors (Lipinski definition) is 1. The van der Waals surface area contributed by atoms with Gasteiger partial charge in [0.25, 0.3) is 5.19 Å². The summed E-state index contributed by atoms with van der Waals surface area (Å²) in [6, 6.07) is 12.2. The van der Waals surface area contributed by atoms with Gasteiger partial charge in [0, 0.05) is 31.6 Å². The van der Waals surface area contributed by atoms with Gasteiger partial charge in [0.15, 0.2) is 0 Å². The predicted octanol–water partition coefficient (Wildman–Crippen LogP) is 5.69. The summed E-state index contributed by atoms with van der Waals surface area (Å²) in [5.74, 6) is 0.467. The van der Waals surface area contributed by atoms with E-state index in [1.807, 2.05) is 30.3 Å². The van der Waals surface area contributed by atoms with Gasteiger partial charge in [-0.05, 0) is 42.8 Å². The summed E-state index contributed by atoms with van der Waals surface area (Å²) in [5.41, 5.74) is 1.09. The number of fused-ring (bicyclic) bond motifs is 1. The van der Waals surface area contributed by atoms with E-state index in [4.69, 9.17) is 9.47 Å². The highest BCUT2D eigenvalue weighted by Crippen LogP contribution is 2.31. The van der Waals surface area contributed by atoms with Crippen LogP contribution in [-0.4, -0.2) is 41.7 Å². The van der Waals surface area contributed by atoms with Crippen LogP contribution in [0.25, 0.3) is 10.2 Å². The van der Waals surface area contributed by atoms with E-state index < -0.39 is 0 Å². The van der Waals surface area contributed by atoms with E-state index in [1.54, 1.807) is 11.0 Å². The maximum absolute atomic E-state index is 13.8. The molecule has 8 heteroatoms. The van der Waals surface area contributed by atoms with Crippen molar-refractivity contribution in [3.8, 4) is 10.9 Å². The SMILES string of the molecule is CCCCOc1ccc(NC(=O)N2CCC(Oc3nc4c(F)cccc4s3)CC2)cc1. The Kier molecular flexibility index (Phi) is 6.86. The van der Waals surface area contributed by atoms with Crippen molar-refractivity contribution >= 4 is 33.3 Å². The summed E-state index contributed by atoms with van der Waals surface area (Å²) in [5, 5.41) is 3.41. The Labute approximate surface area is 185 Å². The summed E-state index contributed by atoms with van der Waals surface area (Å²) in [6.07, 6.45) is 3.49. The Hall–Kier alpha value is -2.87. The number of rotatable bonds is 7. The Morgan fingerprint density at radius 1 is 1.23 bits per heavy atom. The average Bonchev–Trinajstić information content (AvgIpc) is 3.19. The van der Waals surface area contributed by atoms with Crippen LogP contribution in [0, 0.1) is 5.82 Å². The molecule has 6 nitrogen and oxygen atoms in total. The first-order chi connectivity index (χ1) is 15.1. The normalized spacial score (nSPS) is 14.6. The van der Waals surface area contributed by atoms with Gasteiger partial charge < -0.3 is 19.7 Å². The highest BCUT2D eigenvalue weighted by atomic mass is 32.1. The summed E-state index contributed by atoms with van der Waals surface area (Å²) in [7, 11) is 0. The molecule has 0 bridgehead atoms. The fourth-order valence-electron chi connectivity index (χ4n) is 3.44. The van der Waals surface area contributed by atoms with Crippen LogP contribution in [0.15, 0.2) is 42.5 Å². The third kappa shape index (κ3) is 5.44. The molecule has 31 heavy (non-hydrogen) atoms. The van der Waals surface area contributed by atoms with Crippen LogP contribution in [-0.2, 0) is 0 Å². The number of piperidine rings is 1. The van der Waals surface area contributed by atoms with E-state index >= 15 is 0 Å². The van der Waals surface area contributed by atoms with Crippen molar-refractivity contribution < 1.29 is 18.7 Å². The van der Waals surface area contributed by atoms with Crippen molar-refractivity contribution in [2.45, 2.75) is 38.7 Å². The number of carbonyl (C=O) groups is 1. The lowest BCUT2D eigenvalue weighted by atomic mass is 10.1. The molecule has 0 unspecified atom stereocenters. The third-order valence-corrected chi connectivity index (χ3v) is 6.13. The Morgan fingerprint density at radius 2 is 2.00 bits per heavy atom. The summed E-state index contributed by atoms with van der Waals surface area (Å²) in [6.45, 7) is 4.01. The molecule has 0 spiro atoms. The number of nitrogens with one attached hydrogen (secondary N) is 1. The molecule has 2 heterocycles. The van der Waals surface area contributed by atoms with Crippen molar-refractivity contribution in [3.05, 3.63) is 48.3 Å². The molecule has 1 saturated heterocycles. The lowest BCUT2D eigenvalue weighted by molar-refractivity contribution is 0.115. The monoisotopic (exact) mass is 443 g/mol. The van der Waals surface area contributed by atoms with Gasteiger partial charge >= 0.3 is 6.03 Å². The van der Waals surface area contributed by atoms with Crippen LogP contribution in [0.2, 0.25) is 0 Å². The van der Waals surface area contributed by atoms with Crippen molar-refractivity contribution in [3.63, 3.8) is 0 Å². The number of thiazole rings is 1. The molecule has 0 atom stereocenters. The zero-order chi connectivity index (χ0) is 21.6. The molecule has 3 aromatic rings. The topological polar surface area (TPSA) is 63.7 Å². The molecule has 1 aromatic heterocycles. The zero-order valence-electron chi connectivity index (χ0n) is 17.5. The van der Waals surface area contributed by atoms with Crippen LogP contribution >= 0.6 is 11.3 Å². The molecule has 0 aliphatic carbocycles. The van der Waals surface area contributed by atoms with Gasteiger partial charge in [0.1, 0.15) is 23.2 Å². The van der Waals surface area contributed by atoms with Crippen molar-refractivity contribution in [2.24, 2.45) is 0 Å². The number of anilines is 1. The number of carbonyl (C=O) groups excluding carboxylic acids is 1. The highest BCUT2D eigenvalue weighted by molar-refractivity contribution is 7.20. The molecule has 1 N–H and O–H groups in total. The van der Waals surface area contributed by atoms with Gasteiger partial charge in [0.2, 0.25) is 0 Å². The molecule has 1 fully saturated rings. The predicted molar refractivity (Wildman–Crippen MR) is 121 cm³/mol. The van der Waals surface area contributed by atoms with Gasteiger partial charge in [0.05, 0.1) is 11.3 Å². The van der Waals surface area contributed by atoms with Crippen molar-refractivity contribution in [1.82, 2.24) is 9.88 Å².